The Hall–Kier alpha value is -11.7. The molecule has 14 atom stereocenters. The highest BCUT2D eigenvalue weighted by atomic mass is 16.6. The maximum absolute atomic E-state index is 16.0. The molecule has 4 aromatic heterocycles. The van der Waals surface area contributed by atoms with Gasteiger partial charge < -0.3 is 93.4 Å². The zero-order chi connectivity index (χ0) is 89.3. The fourth-order valence-corrected chi connectivity index (χ4v) is 22.7. The molecule has 0 spiro atoms. The van der Waals surface area contributed by atoms with Crippen LogP contribution in [-0.2, 0) is 60.8 Å². The molecule has 129 heavy (non-hydrogen) atoms. The summed E-state index contributed by atoms with van der Waals surface area (Å²) in [5, 5.41) is 15.8. The highest BCUT2D eigenvalue weighted by Crippen LogP contribution is 2.52. The summed E-state index contributed by atoms with van der Waals surface area (Å²) in [6.45, 7) is 16.8. The lowest BCUT2D eigenvalue weighted by atomic mass is 9.90. The Labute approximate surface area is 749 Å². The monoisotopic (exact) mass is 1760 g/mol. The summed E-state index contributed by atoms with van der Waals surface area (Å²) in [7, 11) is 4.20. The number of carbonyl (C=O) groups excluding carboxylic acids is 7. The average molecular weight is 1760 g/mol. The number of amides is 7. The number of aromatic nitrogens is 8. The molecule has 1 aliphatic carbocycles. The first-order chi connectivity index (χ1) is 62.6. The molecule has 0 bridgehead atoms. The zero-order valence-electron chi connectivity index (χ0n) is 75.1. The first-order valence-electron chi connectivity index (χ1n) is 46.5. The van der Waals surface area contributed by atoms with E-state index < -0.39 is 60.4 Å². The van der Waals surface area contributed by atoms with Crippen LogP contribution in [0.5, 0.6) is 11.5 Å². The second-order valence-corrected chi connectivity index (χ2v) is 37.5. The zero-order valence-corrected chi connectivity index (χ0v) is 75.1. The van der Waals surface area contributed by atoms with Gasteiger partial charge in [-0.05, 0) is 208 Å². The van der Waals surface area contributed by atoms with Gasteiger partial charge in [0.25, 0.3) is 0 Å². The SMILES string of the molecule is CCC1CCC(c2nc(-c3ccc4c(c3)COc3cc5c(ccc6[nH]c(C7CC8CCCC8N7C(=O)C(NC(=O)OCC7CC(c8nc9c(ccc%10cc%11c(cc%109)OCc9cc(-c%10c[nH]c(C%12CCC(C)N%12C(=O)C(NC(=O)OC)C%12CCOCC%12)n%10)ccc9-%11)[nH]8)N(C(=O)C(NC(=O)OC)C(C)C)C7CC)C7CCOCC7)nc65)cc3-4)c[nH]2)N1C(=O)C(NCOC)C(C)C. The molecule has 1 saturated carbocycles. The number of nitrogens with one attached hydrogen (secondary N) is 8. The lowest BCUT2D eigenvalue weighted by Gasteiger charge is -2.37. The van der Waals surface area contributed by atoms with Crippen LogP contribution in [0.3, 0.4) is 0 Å². The molecular weight excluding hydrogens is 1640 g/mol. The fourth-order valence-electron chi connectivity index (χ4n) is 22.7. The Morgan fingerprint density at radius 3 is 1.57 bits per heavy atom. The summed E-state index contributed by atoms with van der Waals surface area (Å²) in [4.78, 5) is 144. The third kappa shape index (κ3) is 16.3. The van der Waals surface area contributed by atoms with Crippen molar-refractivity contribution < 1.29 is 71.5 Å². The predicted octanol–water partition coefficient (Wildman–Crippen LogP) is 15.2. The molecule has 7 amide bonds. The molecule has 6 saturated heterocycles. The molecule has 14 unspecified atom stereocenters. The lowest BCUT2D eigenvalue weighted by molar-refractivity contribution is -0.140. The third-order valence-electron chi connectivity index (χ3n) is 29.4. The second kappa shape index (κ2) is 36.3. The molecule has 680 valence electrons. The standard InChI is InChI=1S/C98H118N16O15/c1-11-63-21-27-77(112(63)92(115)82(50(3)4)101-49-122-8)89-100-45-73(105-89)58-18-23-65-61(37-58)47-128-80-42-66-55(38-68(65)80)19-24-70-86(66)106-90(102-70)78-40-59-14-13-15-75(59)114(78)95(118)85(54-30-34-126-35-31-54)110-98(121)129-48-62-41-79(113(74(62)12-2)93(116)83(51(5)6)108-96(119)123-9)91-103-71-25-20-56-39-69-64-22-17-57(36-60(64)46-127-81(69)43-67(56)87(71)107-91)72-44-99-88(104-72)76-26-16-52(7)111(76)94(117)84(109-97(120)124-10)53-28-32-125-33-29-53/h17-20,22-25,36-39,42-45,50-54,59,62-63,74-79,82-85,101H,11-16,21,26-35,40-41,46-49H2,1-10H3,(H,99,104)(H,100,105)(H,102,106)(H,103,107)(H,108,119)(H,109,120)(H,110,121). The van der Waals surface area contributed by atoms with E-state index in [2.05, 4.69) is 129 Å². The molecule has 12 heterocycles. The molecule has 8 aliphatic heterocycles. The van der Waals surface area contributed by atoms with Crippen LogP contribution in [0.25, 0.3) is 88.4 Å². The number of imidazole rings is 4. The van der Waals surface area contributed by atoms with Crippen molar-refractivity contribution in [2.45, 2.75) is 230 Å². The van der Waals surface area contributed by atoms with Crippen molar-refractivity contribution in [3.8, 4) is 56.3 Å². The number of methoxy groups -OCH3 is 3. The van der Waals surface area contributed by atoms with Crippen LogP contribution in [0.1, 0.15) is 203 Å². The number of hydrogen-bond acceptors (Lipinski definition) is 20. The van der Waals surface area contributed by atoms with E-state index in [9.17, 15) is 24.0 Å². The van der Waals surface area contributed by atoms with Gasteiger partial charge in [0.05, 0.1) is 91.2 Å². The number of rotatable bonds is 24. The summed E-state index contributed by atoms with van der Waals surface area (Å²) in [6.07, 6.45) is 12.4. The van der Waals surface area contributed by atoms with Crippen LogP contribution < -0.4 is 30.7 Å². The molecule has 10 aromatic rings. The summed E-state index contributed by atoms with van der Waals surface area (Å²) in [5.74, 6) is 2.68. The lowest BCUT2D eigenvalue weighted by Crippen LogP contribution is -2.55. The van der Waals surface area contributed by atoms with Gasteiger partial charge in [0.1, 0.15) is 66.1 Å². The summed E-state index contributed by atoms with van der Waals surface area (Å²) in [6, 6.07) is 24.1. The Morgan fingerprint density at radius 2 is 1.03 bits per heavy atom. The van der Waals surface area contributed by atoms with E-state index in [4.69, 9.17) is 57.8 Å². The third-order valence-corrected chi connectivity index (χ3v) is 29.4. The number of ether oxygens (including phenoxy) is 8. The summed E-state index contributed by atoms with van der Waals surface area (Å²) in [5.41, 5.74) is 12.4. The molecule has 31 nitrogen and oxygen atoms in total. The number of H-pyrrole nitrogens is 4. The van der Waals surface area contributed by atoms with E-state index in [1.54, 1.807) is 7.11 Å². The molecule has 6 aromatic carbocycles. The molecule has 8 N–H and O–H groups in total. The smallest absolute Gasteiger partial charge is 0.407 e. The average Bonchev–Trinajstić information content (AvgIpc) is 1.61. The number of hydrogen-bond donors (Lipinski definition) is 8. The fraction of sp³-hybridized carbons (Fsp3) is 0.520. The first-order valence-corrected chi connectivity index (χ1v) is 46.5. The Bertz CT molecular complexity index is 5930. The molecular formula is C98H118N16O15. The van der Waals surface area contributed by atoms with Crippen molar-refractivity contribution in [2.75, 3.05) is 61.1 Å². The van der Waals surface area contributed by atoms with Gasteiger partial charge in [-0.2, -0.15) is 0 Å². The highest BCUT2D eigenvalue weighted by molar-refractivity contribution is 6.08. The number of benzene rings is 6. The molecule has 19 rings (SSSR count). The minimum atomic E-state index is -0.984. The number of carbonyl (C=O) groups is 7. The van der Waals surface area contributed by atoms with Crippen molar-refractivity contribution >= 4 is 85.5 Å². The maximum Gasteiger partial charge on any atom is 0.407 e. The van der Waals surface area contributed by atoms with Crippen LogP contribution in [-0.4, -0.2) is 211 Å². The van der Waals surface area contributed by atoms with Gasteiger partial charge >= 0.3 is 18.3 Å². The quantitative estimate of drug-likeness (QED) is 0.0206. The van der Waals surface area contributed by atoms with Crippen LogP contribution in [0, 0.1) is 35.5 Å². The number of nitrogens with zero attached hydrogens (tertiary/aromatic N) is 8. The number of alkyl carbamates (subject to hydrolysis) is 3. The number of aromatic amines is 4. The minimum absolute atomic E-state index is 0.0677. The van der Waals surface area contributed by atoms with E-state index in [1.165, 1.54) is 14.2 Å². The molecule has 7 fully saturated rings. The Balaban J connectivity index is 0.554. The van der Waals surface area contributed by atoms with Gasteiger partial charge in [-0.15, -0.1) is 0 Å². The van der Waals surface area contributed by atoms with E-state index in [0.29, 0.717) is 113 Å². The molecule has 9 aliphatic rings. The van der Waals surface area contributed by atoms with Gasteiger partial charge in [0.2, 0.25) is 23.6 Å². The van der Waals surface area contributed by atoms with Crippen LogP contribution in [0.4, 0.5) is 14.4 Å². The second-order valence-electron chi connectivity index (χ2n) is 37.5. The maximum atomic E-state index is 16.0. The molecule has 31 heteroatoms. The van der Waals surface area contributed by atoms with Gasteiger partial charge in [0, 0.05) is 109 Å². The Morgan fingerprint density at radius 1 is 0.504 bits per heavy atom. The van der Waals surface area contributed by atoms with E-state index >= 15 is 9.59 Å². The van der Waals surface area contributed by atoms with Crippen LogP contribution >= 0.6 is 0 Å². The van der Waals surface area contributed by atoms with Crippen molar-refractivity contribution in [3.63, 3.8) is 0 Å². The Kier molecular flexibility index (Phi) is 24.4. The van der Waals surface area contributed by atoms with Crippen molar-refractivity contribution in [1.29, 1.82) is 0 Å². The van der Waals surface area contributed by atoms with Crippen molar-refractivity contribution in [2.24, 2.45) is 35.5 Å². The number of likely N-dealkylation sites (tertiary alicyclic amines) is 4. The van der Waals surface area contributed by atoms with Gasteiger partial charge in [-0.1, -0.05) is 84.4 Å². The van der Waals surface area contributed by atoms with Crippen molar-refractivity contribution in [3.05, 3.63) is 132 Å². The van der Waals surface area contributed by atoms with Crippen LogP contribution in [0.2, 0.25) is 0 Å². The summed E-state index contributed by atoms with van der Waals surface area (Å²) < 4.78 is 46.6. The minimum Gasteiger partial charge on any atom is -0.488 e. The highest BCUT2D eigenvalue weighted by Gasteiger charge is 2.53. The summed E-state index contributed by atoms with van der Waals surface area (Å²) >= 11 is 0. The van der Waals surface area contributed by atoms with Crippen LogP contribution in [0.15, 0.2) is 97.3 Å². The van der Waals surface area contributed by atoms with Gasteiger partial charge in [0.15, 0.2) is 0 Å². The first kappa shape index (κ1) is 86.7. The predicted molar refractivity (Wildman–Crippen MR) is 483 cm³/mol. The normalized spacial score (nSPS) is 23.7. The van der Waals surface area contributed by atoms with Crippen molar-refractivity contribution in [1.82, 2.24) is 80.7 Å². The van der Waals surface area contributed by atoms with Gasteiger partial charge in [-0.3, -0.25) is 24.5 Å². The van der Waals surface area contributed by atoms with Gasteiger partial charge in [-0.25, -0.2) is 34.3 Å². The number of fused-ring (bicyclic) bond motifs is 13. The topological polar surface area (TPSA) is 369 Å². The van der Waals surface area contributed by atoms with E-state index in [1.807, 2.05) is 77.9 Å². The van der Waals surface area contributed by atoms with E-state index in [-0.39, 0.29) is 109 Å². The van der Waals surface area contributed by atoms with E-state index in [0.717, 1.165) is 151 Å². The largest absolute Gasteiger partial charge is 0.488 e. The molecule has 0 radical (unpaired) electrons.